The Morgan fingerprint density at radius 3 is 2.46 bits per heavy atom. The molecule has 1 fully saturated rings. The number of amides is 5. The molecule has 0 bridgehead atoms. The van der Waals surface area contributed by atoms with Crippen LogP contribution in [0.25, 0.3) is 0 Å². The number of benzene rings is 1. The number of halogens is 1. The molecule has 9 heteroatoms. The summed E-state index contributed by atoms with van der Waals surface area (Å²) in [5.41, 5.74) is 1.07. The zero-order valence-corrected chi connectivity index (χ0v) is 15.6. The number of unbranched alkanes of at least 4 members (excludes halogenated alkanes) is 1. The molecule has 0 unspecified atom stereocenters. The molecular weight excluding hydrogens is 362 g/mol. The van der Waals surface area contributed by atoms with Crippen LogP contribution in [0.15, 0.2) is 12.1 Å². The van der Waals surface area contributed by atoms with Crippen molar-refractivity contribution in [2.45, 2.75) is 26.7 Å². The summed E-state index contributed by atoms with van der Waals surface area (Å²) in [7, 11) is 1.43. The second kappa shape index (κ2) is 8.18. The first-order valence-corrected chi connectivity index (χ1v) is 8.49. The second-order valence-electron chi connectivity index (χ2n) is 5.83. The van der Waals surface area contributed by atoms with E-state index in [1.807, 2.05) is 6.92 Å². The average molecular weight is 382 g/mol. The Morgan fingerprint density at radius 1 is 1.19 bits per heavy atom. The summed E-state index contributed by atoms with van der Waals surface area (Å²) in [5, 5.41) is 3.05. The Morgan fingerprint density at radius 2 is 1.85 bits per heavy atom. The van der Waals surface area contributed by atoms with Crippen molar-refractivity contribution < 1.29 is 23.9 Å². The van der Waals surface area contributed by atoms with Gasteiger partial charge in [0.25, 0.3) is 0 Å². The van der Waals surface area contributed by atoms with Crippen LogP contribution in [0.4, 0.5) is 10.5 Å². The molecule has 1 saturated heterocycles. The number of nitrogens with zero attached hydrogens (tertiary/aromatic N) is 2. The van der Waals surface area contributed by atoms with Gasteiger partial charge in [0, 0.05) is 17.6 Å². The van der Waals surface area contributed by atoms with Gasteiger partial charge >= 0.3 is 17.8 Å². The highest BCUT2D eigenvalue weighted by molar-refractivity contribution is 6.45. The topological polar surface area (TPSA) is 96.0 Å². The molecule has 26 heavy (non-hydrogen) atoms. The van der Waals surface area contributed by atoms with Crippen LogP contribution in [0.1, 0.15) is 25.3 Å². The fraction of sp³-hybridized carbons (Fsp3) is 0.412. The molecule has 1 aromatic rings. The Kier molecular flexibility index (Phi) is 6.20. The van der Waals surface area contributed by atoms with E-state index in [1.165, 1.54) is 7.11 Å². The molecule has 0 atom stereocenters. The highest BCUT2D eigenvalue weighted by Gasteiger charge is 2.44. The van der Waals surface area contributed by atoms with E-state index >= 15 is 0 Å². The number of ether oxygens (including phenoxy) is 1. The molecule has 0 spiro atoms. The van der Waals surface area contributed by atoms with Gasteiger partial charge in [-0.1, -0.05) is 24.9 Å². The molecule has 0 radical (unpaired) electrons. The van der Waals surface area contributed by atoms with Crippen LogP contribution in [0, 0.1) is 6.92 Å². The first-order chi connectivity index (χ1) is 12.3. The predicted molar refractivity (Wildman–Crippen MR) is 95.1 cm³/mol. The molecule has 0 saturated carbocycles. The SMILES string of the molecule is CCCCN1C(=O)C(=O)N(CC(=O)Nc2cc(C)c(Cl)cc2OC)C1=O. The lowest BCUT2D eigenvalue weighted by molar-refractivity contribution is -0.143. The third-order valence-corrected chi connectivity index (χ3v) is 4.33. The molecule has 2 rings (SSSR count). The lowest BCUT2D eigenvalue weighted by Crippen LogP contribution is -2.39. The summed E-state index contributed by atoms with van der Waals surface area (Å²) >= 11 is 6.02. The van der Waals surface area contributed by atoms with Crippen LogP contribution in [0.2, 0.25) is 5.02 Å². The van der Waals surface area contributed by atoms with Crippen LogP contribution in [0.5, 0.6) is 5.75 Å². The summed E-state index contributed by atoms with van der Waals surface area (Å²) < 4.78 is 5.16. The minimum Gasteiger partial charge on any atom is -0.495 e. The van der Waals surface area contributed by atoms with Crippen LogP contribution >= 0.6 is 11.6 Å². The normalized spacial score (nSPS) is 14.2. The Labute approximate surface area is 156 Å². The van der Waals surface area contributed by atoms with Gasteiger partial charge in [0.05, 0.1) is 12.8 Å². The fourth-order valence-corrected chi connectivity index (χ4v) is 2.62. The molecule has 5 amide bonds. The van der Waals surface area contributed by atoms with Gasteiger partial charge in [-0.05, 0) is 25.0 Å². The summed E-state index contributed by atoms with van der Waals surface area (Å²) in [4.78, 5) is 49.9. The summed E-state index contributed by atoms with van der Waals surface area (Å²) in [5.74, 6) is -2.19. The second-order valence-corrected chi connectivity index (χ2v) is 6.24. The van der Waals surface area contributed by atoms with Crippen molar-refractivity contribution in [1.82, 2.24) is 9.80 Å². The van der Waals surface area contributed by atoms with Gasteiger partial charge in [0.15, 0.2) is 0 Å². The number of aryl methyl sites for hydroxylation is 1. The Hall–Kier alpha value is -2.61. The monoisotopic (exact) mass is 381 g/mol. The van der Waals surface area contributed by atoms with E-state index < -0.39 is 30.3 Å². The predicted octanol–water partition coefficient (Wildman–Crippen LogP) is 2.19. The van der Waals surface area contributed by atoms with Gasteiger partial charge in [-0.2, -0.15) is 0 Å². The maximum absolute atomic E-state index is 12.3. The Balaban J connectivity index is 2.11. The van der Waals surface area contributed by atoms with Gasteiger partial charge in [-0.25, -0.2) is 9.69 Å². The highest BCUT2D eigenvalue weighted by atomic mass is 35.5. The zero-order valence-electron chi connectivity index (χ0n) is 14.8. The van der Waals surface area contributed by atoms with E-state index in [0.29, 0.717) is 27.8 Å². The van der Waals surface area contributed by atoms with Gasteiger partial charge < -0.3 is 10.1 Å². The van der Waals surface area contributed by atoms with Crippen LogP contribution in [-0.4, -0.2) is 53.8 Å². The average Bonchev–Trinajstić information content (AvgIpc) is 2.79. The lowest BCUT2D eigenvalue weighted by atomic mass is 10.2. The van der Waals surface area contributed by atoms with E-state index in [-0.39, 0.29) is 6.54 Å². The summed E-state index contributed by atoms with van der Waals surface area (Å²) in [6, 6.07) is 2.39. The van der Waals surface area contributed by atoms with Crippen molar-refractivity contribution >= 4 is 41.0 Å². The minimum absolute atomic E-state index is 0.155. The van der Waals surface area contributed by atoms with Crippen molar-refractivity contribution in [2.75, 3.05) is 25.5 Å². The van der Waals surface area contributed by atoms with Crippen molar-refractivity contribution in [2.24, 2.45) is 0 Å². The third kappa shape index (κ3) is 3.96. The van der Waals surface area contributed by atoms with Crippen LogP contribution in [0.3, 0.4) is 0 Å². The van der Waals surface area contributed by atoms with Crippen LogP contribution in [-0.2, 0) is 14.4 Å². The quantitative estimate of drug-likeness (QED) is 0.577. The number of hydrogen-bond donors (Lipinski definition) is 1. The van der Waals surface area contributed by atoms with Crippen molar-refractivity contribution in [3.05, 3.63) is 22.7 Å². The van der Waals surface area contributed by atoms with Gasteiger partial charge in [-0.15, -0.1) is 0 Å². The van der Waals surface area contributed by atoms with E-state index in [1.54, 1.807) is 19.1 Å². The zero-order chi connectivity index (χ0) is 19.4. The number of methoxy groups -OCH3 is 1. The minimum atomic E-state index is -1.000. The number of nitrogens with one attached hydrogen (secondary N) is 1. The maximum atomic E-state index is 12.3. The number of anilines is 1. The Bertz CT molecular complexity index is 765. The molecule has 1 aliphatic rings. The van der Waals surface area contributed by atoms with Crippen molar-refractivity contribution in [1.29, 1.82) is 0 Å². The van der Waals surface area contributed by atoms with E-state index in [0.717, 1.165) is 16.9 Å². The van der Waals surface area contributed by atoms with E-state index in [2.05, 4.69) is 5.32 Å². The number of hydrogen-bond acceptors (Lipinski definition) is 5. The first-order valence-electron chi connectivity index (χ1n) is 8.11. The highest BCUT2D eigenvalue weighted by Crippen LogP contribution is 2.31. The lowest BCUT2D eigenvalue weighted by Gasteiger charge is -2.16. The maximum Gasteiger partial charge on any atom is 0.334 e. The first kappa shape index (κ1) is 19.7. The van der Waals surface area contributed by atoms with Gasteiger partial charge in [0.2, 0.25) is 5.91 Å². The molecular formula is C17H20ClN3O5. The van der Waals surface area contributed by atoms with Crippen LogP contribution < -0.4 is 10.1 Å². The molecule has 140 valence electrons. The number of carbonyl (C=O) groups is 4. The molecule has 0 aromatic heterocycles. The largest absolute Gasteiger partial charge is 0.495 e. The number of rotatable bonds is 7. The smallest absolute Gasteiger partial charge is 0.334 e. The van der Waals surface area contributed by atoms with Gasteiger partial charge in [-0.3, -0.25) is 19.3 Å². The molecule has 1 aliphatic heterocycles. The number of imide groups is 2. The molecule has 8 nitrogen and oxygen atoms in total. The summed E-state index contributed by atoms with van der Waals surface area (Å²) in [6.07, 6.45) is 1.35. The third-order valence-electron chi connectivity index (χ3n) is 3.93. The molecule has 1 heterocycles. The van der Waals surface area contributed by atoms with Crippen molar-refractivity contribution in [3.63, 3.8) is 0 Å². The fourth-order valence-electron chi connectivity index (χ4n) is 2.47. The summed E-state index contributed by atoms with van der Waals surface area (Å²) in [6.45, 7) is 3.26. The van der Waals surface area contributed by atoms with Crippen molar-refractivity contribution in [3.8, 4) is 5.75 Å². The molecule has 0 aliphatic carbocycles. The van der Waals surface area contributed by atoms with Gasteiger partial charge in [0.1, 0.15) is 12.3 Å². The number of urea groups is 1. The number of carbonyl (C=O) groups excluding carboxylic acids is 4. The molecule has 1 N–H and O–H groups in total. The van der Waals surface area contributed by atoms with E-state index in [4.69, 9.17) is 16.3 Å². The standard InChI is InChI=1S/C17H20ClN3O5/c1-4-5-6-20-15(23)16(24)21(17(20)25)9-14(22)19-12-7-10(2)11(18)8-13(12)26-3/h7-8H,4-6,9H2,1-3H3,(H,19,22). The van der Waals surface area contributed by atoms with E-state index in [9.17, 15) is 19.2 Å². The molecule has 1 aromatic carbocycles.